The van der Waals surface area contributed by atoms with E-state index < -0.39 is 0 Å². The quantitative estimate of drug-likeness (QED) is 0.528. The average molecular weight is 273 g/mol. The zero-order valence-electron chi connectivity index (χ0n) is 13.3. The van der Waals surface area contributed by atoms with Crippen molar-refractivity contribution in [2.45, 2.75) is 70.8 Å². The first-order valence-corrected chi connectivity index (χ1v) is 8.62. The minimum absolute atomic E-state index is 0.569. The summed E-state index contributed by atoms with van der Waals surface area (Å²) in [6, 6.07) is 9.62. The summed E-state index contributed by atoms with van der Waals surface area (Å²) in [5.74, 6) is 0.824. The highest BCUT2D eigenvalue weighted by Gasteiger charge is 2.25. The van der Waals surface area contributed by atoms with Gasteiger partial charge in [-0.05, 0) is 49.8 Å². The Morgan fingerprint density at radius 1 is 1.10 bits per heavy atom. The van der Waals surface area contributed by atoms with Crippen LogP contribution in [0.2, 0.25) is 0 Å². The number of aryl methyl sites for hydroxylation is 1. The fourth-order valence-corrected chi connectivity index (χ4v) is 3.75. The first kappa shape index (κ1) is 15.6. The van der Waals surface area contributed by atoms with Gasteiger partial charge in [-0.3, -0.25) is 0 Å². The van der Waals surface area contributed by atoms with Crippen LogP contribution in [0.25, 0.3) is 0 Å². The number of benzene rings is 1. The molecule has 0 amide bonds. The second-order valence-electron chi connectivity index (χ2n) is 6.32. The van der Waals surface area contributed by atoms with E-state index in [1.165, 1.54) is 57.8 Å². The summed E-state index contributed by atoms with van der Waals surface area (Å²) >= 11 is 0. The summed E-state index contributed by atoms with van der Waals surface area (Å²) in [5, 5.41) is 3.60. The number of unbranched alkanes of at least 4 members (excludes halogenated alkanes) is 4. The molecule has 0 aliphatic heterocycles. The number of hydrogen-bond donors (Lipinski definition) is 1. The maximum absolute atomic E-state index is 3.60. The van der Waals surface area contributed by atoms with E-state index in [1.54, 1.807) is 11.1 Å². The molecule has 1 aliphatic rings. The van der Waals surface area contributed by atoms with Gasteiger partial charge in [0, 0.05) is 6.04 Å². The van der Waals surface area contributed by atoms with Crippen LogP contribution < -0.4 is 5.32 Å². The molecule has 0 saturated heterocycles. The first-order chi connectivity index (χ1) is 9.86. The van der Waals surface area contributed by atoms with E-state index in [-0.39, 0.29) is 0 Å². The third kappa shape index (κ3) is 4.09. The highest BCUT2D eigenvalue weighted by Crippen LogP contribution is 2.35. The third-order valence-corrected chi connectivity index (χ3v) is 4.87. The molecule has 20 heavy (non-hydrogen) atoms. The second-order valence-corrected chi connectivity index (χ2v) is 6.32. The predicted octanol–water partition coefficient (Wildman–Crippen LogP) is 5.26. The largest absolute Gasteiger partial charge is 0.313 e. The van der Waals surface area contributed by atoms with E-state index in [0.717, 1.165) is 5.92 Å². The Morgan fingerprint density at radius 2 is 1.90 bits per heavy atom. The standard InChI is InChI=1S/C19H31N/c1-3-4-5-6-7-12-17-14-10-13-16-11-8-9-15-18(16)19(17)20-2/h8-9,11,15,17,19-20H,3-7,10,12-14H2,1-2H3. The predicted molar refractivity (Wildman–Crippen MR) is 88.0 cm³/mol. The molecule has 1 N–H and O–H groups in total. The molecule has 0 heterocycles. The van der Waals surface area contributed by atoms with Gasteiger partial charge in [0.2, 0.25) is 0 Å². The lowest BCUT2D eigenvalue weighted by Gasteiger charge is -2.26. The molecule has 0 spiro atoms. The van der Waals surface area contributed by atoms with E-state index in [2.05, 4.69) is 43.6 Å². The Bertz CT molecular complexity index is 385. The third-order valence-electron chi connectivity index (χ3n) is 4.87. The number of rotatable bonds is 7. The van der Waals surface area contributed by atoms with Crippen LogP contribution in [0.4, 0.5) is 0 Å². The second kappa shape index (κ2) is 8.46. The molecular weight excluding hydrogens is 242 g/mol. The van der Waals surface area contributed by atoms with Gasteiger partial charge in [-0.25, -0.2) is 0 Å². The summed E-state index contributed by atoms with van der Waals surface area (Å²) in [5.41, 5.74) is 3.13. The fourth-order valence-electron chi connectivity index (χ4n) is 3.75. The topological polar surface area (TPSA) is 12.0 Å². The normalized spacial score (nSPS) is 22.3. The zero-order chi connectivity index (χ0) is 14.2. The minimum Gasteiger partial charge on any atom is -0.313 e. The van der Waals surface area contributed by atoms with Crippen LogP contribution >= 0.6 is 0 Å². The molecule has 0 aromatic heterocycles. The smallest absolute Gasteiger partial charge is 0.0348 e. The molecule has 1 aromatic rings. The average Bonchev–Trinajstić information content (AvgIpc) is 2.65. The molecule has 1 nitrogen and oxygen atoms in total. The minimum atomic E-state index is 0.569. The van der Waals surface area contributed by atoms with Gasteiger partial charge in [0.05, 0.1) is 0 Å². The lowest BCUT2D eigenvalue weighted by atomic mass is 9.86. The van der Waals surface area contributed by atoms with Crippen LogP contribution in [0.15, 0.2) is 24.3 Å². The Morgan fingerprint density at radius 3 is 2.70 bits per heavy atom. The van der Waals surface area contributed by atoms with Crippen LogP contribution in [0.5, 0.6) is 0 Å². The molecular formula is C19H31N. The summed E-state index contributed by atoms with van der Waals surface area (Å²) in [7, 11) is 2.14. The highest BCUT2D eigenvalue weighted by molar-refractivity contribution is 5.31. The molecule has 2 atom stereocenters. The van der Waals surface area contributed by atoms with E-state index >= 15 is 0 Å². The van der Waals surface area contributed by atoms with Crippen LogP contribution in [-0.4, -0.2) is 7.05 Å². The van der Waals surface area contributed by atoms with Gasteiger partial charge in [0.15, 0.2) is 0 Å². The van der Waals surface area contributed by atoms with Crippen LogP contribution in [0.3, 0.4) is 0 Å². The summed E-state index contributed by atoms with van der Waals surface area (Å²) in [4.78, 5) is 0. The van der Waals surface area contributed by atoms with E-state index in [9.17, 15) is 0 Å². The van der Waals surface area contributed by atoms with E-state index in [0.29, 0.717) is 6.04 Å². The van der Waals surface area contributed by atoms with Gasteiger partial charge in [-0.2, -0.15) is 0 Å². The van der Waals surface area contributed by atoms with E-state index in [1.807, 2.05) is 0 Å². The van der Waals surface area contributed by atoms with Crippen molar-refractivity contribution in [3.63, 3.8) is 0 Å². The molecule has 0 radical (unpaired) electrons. The SMILES string of the molecule is CCCCCCCC1CCCc2ccccc2C1NC. The number of nitrogens with one attached hydrogen (secondary N) is 1. The molecule has 112 valence electrons. The van der Waals surface area contributed by atoms with Crippen molar-refractivity contribution >= 4 is 0 Å². The van der Waals surface area contributed by atoms with E-state index in [4.69, 9.17) is 0 Å². The maximum atomic E-state index is 3.60. The van der Waals surface area contributed by atoms with Gasteiger partial charge in [0.25, 0.3) is 0 Å². The molecule has 1 aromatic carbocycles. The van der Waals surface area contributed by atoms with Crippen molar-refractivity contribution in [3.8, 4) is 0 Å². The van der Waals surface area contributed by atoms with Gasteiger partial charge >= 0.3 is 0 Å². The summed E-state index contributed by atoms with van der Waals surface area (Å²) in [6.07, 6.45) is 12.4. The molecule has 0 fully saturated rings. The molecule has 1 aliphatic carbocycles. The van der Waals surface area contributed by atoms with Crippen molar-refractivity contribution < 1.29 is 0 Å². The molecule has 1 heteroatoms. The van der Waals surface area contributed by atoms with Gasteiger partial charge in [-0.15, -0.1) is 0 Å². The van der Waals surface area contributed by atoms with Crippen molar-refractivity contribution in [3.05, 3.63) is 35.4 Å². The van der Waals surface area contributed by atoms with Crippen molar-refractivity contribution in [2.75, 3.05) is 7.05 Å². The summed E-state index contributed by atoms with van der Waals surface area (Å²) in [6.45, 7) is 2.29. The number of hydrogen-bond acceptors (Lipinski definition) is 1. The lowest BCUT2D eigenvalue weighted by molar-refractivity contribution is 0.327. The maximum Gasteiger partial charge on any atom is 0.0348 e. The van der Waals surface area contributed by atoms with Gasteiger partial charge in [-0.1, -0.05) is 63.3 Å². The zero-order valence-corrected chi connectivity index (χ0v) is 13.3. The lowest BCUT2D eigenvalue weighted by Crippen LogP contribution is -2.25. The summed E-state index contributed by atoms with van der Waals surface area (Å²) < 4.78 is 0. The monoisotopic (exact) mass is 273 g/mol. The van der Waals surface area contributed by atoms with Crippen LogP contribution in [0, 0.1) is 5.92 Å². The molecule has 0 bridgehead atoms. The van der Waals surface area contributed by atoms with Crippen molar-refractivity contribution in [1.29, 1.82) is 0 Å². The van der Waals surface area contributed by atoms with Crippen LogP contribution in [0.1, 0.15) is 75.5 Å². The Balaban J connectivity index is 1.95. The molecule has 2 unspecified atom stereocenters. The molecule has 0 saturated carbocycles. The van der Waals surface area contributed by atoms with Gasteiger partial charge < -0.3 is 5.32 Å². The van der Waals surface area contributed by atoms with Crippen molar-refractivity contribution in [2.24, 2.45) is 5.92 Å². The fraction of sp³-hybridized carbons (Fsp3) is 0.684. The van der Waals surface area contributed by atoms with Crippen molar-refractivity contribution in [1.82, 2.24) is 5.32 Å². The first-order valence-electron chi connectivity index (χ1n) is 8.62. The number of fused-ring (bicyclic) bond motifs is 1. The Kier molecular flexibility index (Phi) is 6.59. The molecule has 2 rings (SSSR count). The Labute approximate surface area is 125 Å². The van der Waals surface area contributed by atoms with Crippen LogP contribution in [-0.2, 0) is 6.42 Å². The highest BCUT2D eigenvalue weighted by atomic mass is 14.9. The van der Waals surface area contributed by atoms with Gasteiger partial charge in [0.1, 0.15) is 0 Å². The Hall–Kier alpha value is -0.820.